The predicted molar refractivity (Wildman–Crippen MR) is 77.7 cm³/mol. The molecule has 2 nitrogen and oxygen atoms in total. The molecule has 4 atom stereocenters. The summed E-state index contributed by atoms with van der Waals surface area (Å²) < 4.78 is 0. The molecule has 0 radical (unpaired) electrons. The van der Waals surface area contributed by atoms with Gasteiger partial charge in [-0.1, -0.05) is 34.1 Å². The van der Waals surface area contributed by atoms with Crippen molar-refractivity contribution in [3.05, 3.63) is 0 Å². The van der Waals surface area contributed by atoms with E-state index >= 15 is 0 Å². The first-order chi connectivity index (χ1) is 8.67. The summed E-state index contributed by atoms with van der Waals surface area (Å²) in [6, 6.07) is 0. The number of hydrogen-bond donors (Lipinski definition) is 1. The Hall–Kier alpha value is -0.530. The van der Waals surface area contributed by atoms with Crippen LogP contribution in [0.1, 0.15) is 73.1 Å². The molecule has 3 rings (SSSR count). The molecule has 0 heterocycles. The van der Waals surface area contributed by atoms with Crippen molar-refractivity contribution in [1.29, 1.82) is 0 Å². The van der Waals surface area contributed by atoms with Crippen LogP contribution in [0.5, 0.6) is 0 Å². The van der Waals surface area contributed by atoms with Crippen LogP contribution < -0.4 is 5.32 Å². The molecule has 0 unspecified atom stereocenters. The fourth-order valence-electron chi connectivity index (χ4n) is 6.67. The van der Waals surface area contributed by atoms with Crippen LogP contribution in [0.25, 0.3) is 0 Å². The molecule has 0 spiro atoms. The normalized spacial score (nSPS) is 50.9. The third-order valence-electron chi connectivity index (χ3n) is 7.24. The largest absolute Gasteiger partial charge is 0.350 e. The summed E-state index contributed by atoms with van der Waals surface area (Å²) in [5.41, 5.74) is 0.999. The summed E-state index contributed by atoms with van der Waals surface area (Å²) in [6.07, 6.45) is 7.71. The Morgan fingerprint density at radius 2 is 1.79 bits per heavy atom. The van der Waals surface area contributed by atoms with Crippen molar-refractivity contribution < 1.29 is 4.79 Å². The van der Waals surface area contributed by atoms with Crippen molar-refractivity contribution in [2.45, 2.75) is 78.7 Å². The van der Waals surface area contributed by atoms with Crippen LogP contribution in [0.15, 0.2) is 0 Å². The highest BCUT2D eigenvalue weighted by atomic mass is 16.1. The van der Waals surface area contributed by atoms with Crippen LogP contribution in [0, 0.1) is 22.2 Å². The number of rotatable bonds is 1. The van der Waals surface area contributed by atoms with Gasteiger partial charge in [-0.25, -0.2) is 0 Å². The smallest absolute Gasteiger partial charge is 0.217 e. The van der Waals surface area contributed by atoms with Gasteiger partial charge < -0.3 is 5.32 Å². The molecule has 2 heteroatoms. The number of nitrogens with one attached hydrogen (secondary N) is 1. The Labute approximate surface area is 117 Å². The number of hydrogen-bond acceptors (Lipinski definition) is 1. The Morgan fingerprint density at radius 3 is 2.42 bits per heavy atom. The maximum atomic E-state index is 11.9. The Balaban J connectivity index is 2.18. The van der Waals surface area contributed by atoms with Crippen molar-refractivity contribution in [2.24, 2.45) is 22.2 Å². The van der Waals surface area contributed by atoms with Gasteiger partial charge in [0.05, 0.1) is 5.54 Å². The molecular weight excluding hydrogens is 234 g/mol. The maximum Gasteiger partial charge on any atom is 0.217 e. The van der Waals surface area contributed by atoms with Crippen molar-refractivity contribution in [1.82, 2.24) is 5.32 Å². The molecule has 1 N–H and O–H groups in total. The zero-order valence-corrected chi connectivity index (χ0v) is 13.2. The quantitative estimate of drug-likeness (QED) is 0.764. The minimum Gasteiger partial charge on any atom is -0.350 e. The van der Waals surface area contributed by atoms with E-state index < -0.39 is 0 Å². The van der Waals surface area contributed by atoms with Crippen LogP contribution >= 0.6 is 0 Å². The fraction of sp³-hybridized carbons (Fsp3) is 0.941. The summed E-state index contributed by atoms with van der Waals surface area (Å²) in [7, 11) is 0. The van der Waals surface area contributed by atoms with Crippen molar-refractivity contribution in [3.8, 4) is 0 Å². The van der Waals surface area contributed by atoms with Crippen molar-refractivity contribution in [2.75, 3.05) is 0 Å². The Morgan fingerprint density at radius 1 is 1.11 bits per heavy atom. The second-order valence-corrected chi connectivity index (χ2v) is 8.67. The fourth-order valence-corrected chi connectivity index (χ4v) is 6.67. The maximum absolute atomic E-state index is 11.9. The monoisotopic (exact) mass is 263 g/mol. The van der Waals surface area contributed by atoms with Crippen LogP contribution in [0.2, 0.25) is 0 Å². The van der Waals surface area contributed by atoms with E-state index in [0.717, 1.165) is 12.3 Å². The van der Waals surface area contributed by atoms with Crippen LogP contribution in [0.3, 0.4) is 0 Å². The highest BCUT2D eigenvalue weighted by Crippen LogP contribution is 2.74. The SMILES string of the molecule is CC(=O)N[C@@]12CC(C)(C)[C@@H]3CC[C@]1(C)CCC[C@@]32C. The zero-order chi connectivity index (χ0) is 14.1. The topological polar surface area (TPSA) is 29.1 Å². The van der Waals surface area contributed by atoms with E-state index in [-0.39, 0.29) is 11.4 Å². The lowest BCUT2D eigenvalue weighted by Crippen LogP contribution is -2.69. The van der Waals surface area contributed by atoms with Crippen molar-refractivity contribution >= 4 is 5.91 Å². The molecule has 0 aromatic rings. The first-order valence-electron chi connectivity index (χ1n) is 7.96. The molecule has 0 aliphatic heterocycles. The minimum atomic E-state index is 0.0382. The number of carbonyl (C=O) groups excluding carboxylic acids is 1. The van der Waals surface area contributed by atoms with E-state index in [2.05, 4.69) is 33.0 Å². The van der Waals surface area contributed by atoms with E-state index in [4.69, 9.17) is 0 Å². The predicted octanol–water partition coefficient (Wildman–Crippen LogP) is 3.90. The van der Waals surface area contributed by atoms with Gasteiger partial charge in [0.2, 0.25) is 5.91 Å². The van der Waals surface area contributed by atoms with Gasteiger partial charge >= 0.3 is 0 Å². The molecule has 3 aliphatic carbocycles. The van der Waals surface area contributed by atoms with Gasteiger partial charge in [-0.3, -0.25) is 4.79 Å². The van der Waals surface area contributed by atoms with Gasteiger partial charge in [0.25, 0.3) is 0 Å². The van der Waals surface area contributed by atoms with E-state index in [1.54, 1.807) is 6.92 Å². The highest BCUT2D eigenvalue weighted by Gasteiger charge is 2.73. The van der Waals surface area contributed by atoms with E-state index in [9.17, 15) is 4.79 Å². The van der Waals surface area contributed by atoms with Gasteiger partial charge in [-0.2, -0.15) is 0 Å². The number of amides is 1. The first kappa shape index (κ1) is 13.5. The molecule has 0 aromatic carbocycles. The van der Waals surface area contributed by atoms with Gasteiger partial charge in [-0.15, -0.1) is 0 Å². The molecule has 4 bridgehead atoms. The molecular formula is C17H29NO. The third-order valence-corrected chi connectivity index (χ3v) is 7.24. The first-order valence-corrected chi connectivity index (χ1v) is 7.96. The molecule has 3 fully saturated rings. The summed E-state index contributed by atoms with van der Waals surface area (Å²) in [5, 5.41) is 3.49. The molecule has 108 valence electrons. The summed E-state index contributed by atoms with van der Waals surface area (Å²) in [4.78, 5) is 11.9. The average molecular weight is 263 g/mol. The Kier molecular flexibility index (Phi) is 2.52. The molecule has 0 aromatic heterocycles. The van der Waals surface area contributed by atoms with Crippen molar-refractivity contribution in [3.63, 3.8) is 0 Å². The van der Waals surface area contributed by atoms with Crippen LogP contribution in [-0.2, 0) is 4.79 Å². The molecule has 1 amide bonds. The standard InChI is InChI=1S/C17H29NO/c1-12(19)18-17-11-14(2,3)13-7-10-15(17,4)8-6-9-16(13,17)5/h13H,6-11H2,1-5H3,(H,18,19)/t13-,15-,16-,17-/m0/s1. The summed E-state index contributed by atoms with van der Waals surface area (Å²) in [6.45, 7) is 11.5. The lowest BCUT2D eigenvalue weighted by Gasteiger charge is -2.63. The van der Waals surface area contributed by atoms with Crippen LogP contribution in [-0.4, -0.2) is 11.4 Å². The summed E-state index contributed by atoms with van der Waals surface area (Å²) in [5.74, 6) is 0.929. The second kappa shape index (κ2) is 3.56. The van der Waals surface area contributed by atoms with Gasteiger partial charge in [0.15, 0.2) is 0 Å². The molecule has 3 aliphatic rings. The lowest BCUT2D eigenvalue weighted by atomic mass is 9.45. The van der Waals surface area contributed by atoms with E-state index in [1.807, 2.05) is 0 Å². The second-order valence-electron chi connectivity index (χ2n) is 8.67. The Bertz CT molecular complexity index is 429. The van der Waals surface area contributed by atoms with Gasteiger partial charge in [0.1, 0.15) is 0 Å². The van der Waals surface area contributed by atoms with Gasteiger partial charge in [-0.05, 0) is 54.3 Å². The minimum absolute atomic E-state index is 0.0382. The van der Waals surface area contributed by atoms with E-state index in [0.29, 0.717) is 16.2 Å². The molecule has 0 saturated heterocycles. The lowest BCUT2D eigenvalue weighted by molar-refractivity contribution is -0.138. The van der Waals surface area contributed by atoms with E-state index in [1.165, 1.54) is 32.1 Å². The van der Waals surface area contributed by atoms with Crippen LogP contribution in [0.4, 0.5) is 0 Å². The average Bonchev–Trinajstić information content (AvgIpc) is 2.32. The molecule has 19 heavy (non-hydrogen) atoms. The van der Waals surface area contributed by atoms with Gasteiger partial charge in [0, 0.05) is 6.92 Å². The number of carbonyl (C=O) groups is 1. The highest BCUT2D eigenvalue weighted by molar-refractivity contribution is 5.74. The summed E-state index contributed by atoms with van der Waals surface area (Å²) >= 11 is 0. The zero-order valence-electron chi connectivity index (χ0n) is 13.2. The third kappa shape index (κ3) is 1.41. The molecule has 3 saturated carbocycles.